The van der Waals surface area contributed by atoms with E-state index in [1.54, 1.807) is 11.1 Å². The van der Waals surface area contributed by atoms with Crippen LogP contribution in [-0.2, 0) is 18.6 Å². The molecule has 0 N–H and O–H groups in total. The van der Waals surface area contributed by atoms with Gasteiger partial charge in [-0.05, 0) is 77.5 Å². The van der Waals surface area contributed by atoms with Crippen LogP contribution in [-0.4, -0.2) is 49.1 Å². The van der Waals surface area contributed by atoms with Gasteiger partial charge in [0.1, 0.15) is 0 Å². The van der Waals surface area contributed by atoms with Crippen LogP contribution >= 0.6 is 0 Å². The molecular formula is C22H34N2V+2. The fraction of sp³-hybridized carbons (Fsp3) is 0.636. The first-order chi connectivity index (χ1) is 11.9. The number of allylic oxidation sites excluding steroid dienone is 6. The van der Waals surface area contributed by atoms with Gasteiger partial charge in [0.25, 0.3) is 0 Å². The maximum absolute atomic E-state index is 2.58. The van der Waals surface area contributed by atoms with E-state index in [-0.39, 0.29) is 18.6 Å². The molecule has 25 heavy (non-hydrogen) atoms. The molecule has 2 aliphatic carbocycles. The Kier molecular flexibility index (Phi) is 9.94. The summed E-state index contributed by atoms with van der Waals surface area (Å²) >= 11 is 0. The minimum absolute atomic E-state index is 0. The van der Waals surface area contributed by atoms with Crippen molar-refractivity contribution < 1.29 is 18.6 Å². The third kappa shape index (κ3) is 7.70. The van der Waals surface area contributed by atoms with Crippen LogP contribution < -0.4 is 0 Å². The predicted molar refractivity (Wildman–Crippen MR) is 104 cm³/mol. The zero-order chi connectivity index (χ0) is 16.5. The van der Waals surface area contributed by atoms with Crippen LogP contribution in [0.25, 0.3) is 0 Å². The van der Waals surface area contributed by atoms with Crippen LogP contribution in [0.2, 0.25) is 0 Å². The van der Waals surface area contributed by atoms with Crippen molar-refractivity contribution in [3.8, 4) is 0 Å². The molecule has 4 aliphatic rings. The minimum Gasteiger partial charge on any atom is -0.303 e. The Hall–Kier alpha value is -0.536. The van der Waals surface area contributed by atoms with E-state index in [1.165, 1.54) is 90.6 Å². The SMILES string of the molecule is C1=CCC(CCN2CCCC2)=C1.C1=CCC(CCN2CCCC2)=C1.[V+2]. The third-order valence-electron chi connectivity index (χ3n) is 5.59. The molecule has 2 saturated heterocycles. The van der Waals surface area contributed by atoms with Crippen molar-refractivity contribution >= 4 is 0 Å². The summed E-state index contributed by atoms with van der Waals surface area (Å²) in [6, 6.07) is 0. The molecule has 135 valence electrons. The standard InChI is InChI=1S/2C11H17N.V/c2*1-2-6-11(5-1)7-10-12-8-3-4-9-12;/h2*1-2,5H,3-4,6-10H2;/q;;+2. The monoisotopic (exact) mass is 377 g/mol. The zero-order valence-corrected chi connectivity index (χ0v) is 17.1. The minimum atomic E-state index is 0. The van der Waals surface area contributed by atoms with Crippen LogP contribution in [0.5, 0.6) is 0 Å². The Morgan fingerprint density at radius 3 is 1.36 bits per heavy atom. The summed E-state index contributed by atoms with van der Waals surface area (Å²) in [6.07, 6.45) is 24.0. The maximum Gasteiger partial charge on any atom is 2.00 e. The van der Waals surface area contributed by atoms with Crippen molar-refractivity contribution in [2.24, 2.45) is 0 Å². The molecule has 2 nitrogen and oxygen atoms in total. The molecule has 1 radical (unpaired) electrons. The molecule has 0 aromatic carbocycles. The topological polar surface area (TPSA) is 6.48 Å². The van der Waals surface area contributed by atoms with E-state index >= 15 is 0 Å². The van der Waals surface area contributed by atoms with Crippen LogP contribution in [0.1, 0.15) is 51.4 Å². The maximum atomic E-state index is 2.58. The molecule has 2 heterocycles. The summed E-state index contributed by atoms with van der Waals surface area (Å²) in [5.41, 5.74) is 3.23. The summed E-state index contributed by atoms with van der Waals surface area (Å²) in [6.45, 7) is 7.91. The fourth-order valence-corrected chi connectivity index (χ4v) is 3.97. The van der Waals surface area contributed by atoms with Crippen LogP contribution in [0.4, 0.5) is 0 Å². The average Bonchev–Trinajstić information content (AvgIpc) is 3.43. The molecule has 0 amide bonds. The van der Waals surface area contributed by atoms with Crippen LogP contribution in [0, 0.1) is 0 Å². The number of likely N-dealkylation sites (tertiary alicyclic amines) is 2. The van der Waals surface area contributed by atoms with Gasteiger partial charge in [-0.1, -0.05) is 47.6 Å². The average molecular weight is 377 g/mol. The van der Waals surface area contributed by atoms with Crippen molar-refractivity contribution in [2.75, 3.05) is 39.3 Å². The Morgan fingerprint density at radius 1 is 0.640 bits per heavy atom. The van der Waals surface area contributed by atoms with Crippen LogP contribution in [0.3, 0.4) is 0 Å². The Morgan fingerprint density at radius 2 is 1.04 bits per heavy atom. The van der Waals surface area contributed by atoms with Gasteiger partial charge < -0.3 is 9.80 Å². The van der Waals surface area contributed by atoms with E-state index in [1.807, 2.05) is 0 Å². The van der Waals surface area contributed by atoms with Gasteiger partial charge in [0.2, 0.25) is 0 Å². The molecular weight excluding hydrogens is 343 g/mol. The third-order valence-corrected chi connectivity index (χ3v) is 5.59. The van der Waals surface area contributed by atoms with Gasteiger partial charge in [0, 0.05) is 13.1 Å². The molecule has 0 atom stereocenters. The summed E-state index contributed by atoms with van der Waals surface area (Å²) in [4.78, 5) is 5.16. The molecule has 0 aromatic rings. The Bertz CT molecular complexity index is 446. The first kappa shape index (κ1) is 20.8. The van der Waals surface area contributed by atoms with Gasteiger partial charge >= 0.3 is 18.6 Å². The second-order valence-corrected chi connectivity index (χ2v) is 7.51. The van der Waals surface area contributed by atoms with Gasteiger partial charge in [-0.2, -0.15) is 0 Å². The van der Waals surface area contributed by atoms with Gasteiger partial charge in [0.15, 0.2) is 0 Å². The number of hydrogen-bond acceptors (Lipinski definition) is 2. The van der Waals surface area contributed by atoms with Crippen molar-refractivity contribution in [2.45, 2.75) is 51.4 Å². The molecule has 0 unspecified atom stereocenters. The van der Waals surface area contributed by atoms with Crippen molar-refractivity contribution in [3.05, 3.63) is 47.6 Å². The zero-order valence-electron chi connectivity index (χ0n) is 15.7. The molecule has 2 fully saturated rings. The van der Waals surface area contributed by atoms with Gasteiger partial charge in [0.05, 0.1) is 0 Å². The molecule has 4 rings (SSSR count). The smallest absolute Gasteiger partial charge is 0.303 e. The number of nitrogens with zero attached hydrogens (tertiary/aromatic N) is 2. The Balaban J connectivity index is 0.000000173. The molecule has 3 heteroatoms. The first-order valence-corrected chi connectivity index (χ1v) is 10.0. The largest absolute Gasteiger partial charge is 2.00 e. The quantitative estimate of drug-likeness (QED) is 0.661. The first-order valence-electron chi connectivity index (χ1n) is 10.0. The summed E-state index contributed by atoms with van der Waals surface area (Å²) in [7, 11) is 0. The van der Waals surface area contributed by atoms with Crippen LogP contribution in [0.15, 0.2) is 47.6 Å². The van der Waals surface area contributed by atoms with E-state index in [0.717, 1.165) is 0 Å². The summed E-state index contributed by atoms with van der Waals surface area (Å²) < 4.78 is 0. The number of hydrogen-bond donors (Lipinski definition) is 0. The Labute approximate surface area is 166 Å². The van der Waals surface area contributed by atoms with Crippen molar-refractivity contribution in [3.63, 3.8) is 0 Å². The molecule has 2 aliphatic heterocycles. The van der Waals surface area contributed by atoms with E-state index in [4.69, 9.17) is 0 Å². The van der Waals surface area contributed by atoms with Gasteiger partial charge in [-0.3, -0.25) is 0 Å². The van der Waals surface area contributed by atoms with Gasteiger partial charge in [-0.15, -0.1) is 0 Å². The molecule has 0 bridgehead atoms. The molecule has 0 spiro atoms. The second kappa shape index (κ2) is 12.0. The van der Waals surface area contributed by atoms with Crippen molar-refractivity contribution in [1.82, 2.24) is 9.80 Å². The normalized spacial score (nSPS) is 22.6. The fourth-order valence-electron chi connectivity index (χ4n) is 3.97. The van der Waals surface area contributed by atoms with E-state index in [9.17, 15) is 0 Å². The second-order valence-electron chi connectivity index (χ2n) is 7.51. The summed E-state index contributed by atoms with van der Waals surface area (Å²) in [5, 5.41) is 0. The van der Waals surface area contributed by atoms with E-state index in [0.29, 0.717) is 0 Å². The van der Waals surface area contributed by atoms with E-state index < -0.39 is 0 Å². The molecule has 0 aromatic heterocycles. The molecule has 0 saturated carbocycles. The summed E-state index contributed by atoms with van der Waals surface area (Å²) in [5.74, 6) is 0. The van der Waals surface area contributed by atoms with Gasteiger partial charge in [-0.25, -0.2) is 0 Å². The van der Waals surface area contributed by atoms with E-state index in [2.05, 4.69) is 46.3 Å². The number of rotatable bonds is 6. The predicted octanol–water partition coefficient (Wildman–Crippen LogP) is 4.71. The van der Waals surface area contributed by atoms with Crippen molar-refractivity contribution in [1.29, 1.82) is 0 Å².